The normalized spacial score (nSPS) is 24.0. The molecular formula is C25H32F3N3O4S. The fourth-order valence-corrected chi connectivity index (χ4v) is 6.06. The molecule has 1 fully saturated rings. The number of anilines is 1. The number of aliphatic hydroxyl groups is 1. The number of hydrogen-bond donors (Lipinski definition) is 4. The summed E-state index contributed by atoms with van der Waals surface area (Å²) in [5.41, 5.74) is 1.33. The molecule has 2 aliphatic rings. The Kier molecular flexibility index (Phi) is 8.56. The second kappa shape index (κ2) is 11.5. The summed E-state index contributed by atoms with van der Waals surface area (Å²) < 4.78 is 74.1. The van der Waals surface area contributed by atoms with Crippen molar-refractivity contribution in [3.63, 3.8) is 0 Å². The summed E-state index contributed by atoms with van der Waals surface area (Å²) in [6, 6.07) is 13.3. The van der Waals surface area contributed by atoms with Crippen LogP contribution in [-0.4, -0.2) is 51.6 Å². The Balaban J connectivity index is 1.49. The summed E-state index contributed by atoms with van der Waals surface area (Å²) in [6.45, 7) is 0.924. The molecule has 2 aromatic carbocycles. The van der Waals surface area contributed by atoms with Gasteiger partial charge in [0.25, 0.3) is 0 Å². The van der Waals surface area contributed by atoms with Gasteiger partial charge in [0.15, 0.2) is 0 Å². The molecule has 4 atom stereocenters. The van der Waals surface area contributed by atoms with Crippen LogP contribution in [0.2, 0.25) is 0 Å². The van der Waals surface area contributed by atoms with Crippen LogP contribution >= 0.6 is 0 Å². The number of hydrogen-bond acceptors (Lipinski definition) is 6. The van der Waals surface area contributed by atoms with Gasteiger partial charge in [-0.3, -0.25) is 0 Å². The Hall–Kier alpha value is -2.18. The van der Waals surface area contributed by atoms with E-state index in [0.717, 1.165) is 17.7 Å². The van der Waals surface area contributed by atoms with E-state index in [1.165, 1.54) is 6.07 Å². The first kappa shape index (κ1) is 26.9. The van der Waals surface area contributed by atoms with E-state index in [2.05, 4.69) is 15.4 Å². The van der Waals surface area contributed by atoms with Crippen molar-refractivity contribution >= 4 is 15.7 Å². The lowest BCUT2D eigenvalue weighted by atomic mass is 9.76. The van der Waals surface area contributed by atoms with E-state index >= 15 is 0 Å². The van der Waals surface area contributed by atoms with E-state index in [-0.39, 0.29) is 30.9 Å². The molecule has 4 rings (SSSR count). The molecule has 2 aromatic rings. The summed E-state index contributed by atoms with van der Waals surface area (Å²) in [5.74, 6) is -0.170. The van der Waals surface area contributed by atoms with Crippen LogP contribution in [0.15, 0.2) is 48.5 Å². The first-order chi connectivity index (χ1) is 17.2. The molecule has 7 nitrogen and oxygen atoms in total. The summed E-state index contributed by atoms with van der Waals surface area (Å²) >= 11 is 0. The smallest absolute Gasteiger partial charge is 0.395 e. The number of fused-ring (bicyclic) bond motifs is 3. The third-order valence-corrected chi connectivity index (χ3v) is 8.15. The Morgan fingerprint density at radius 3 is 2.58 bits per heavy atom. The highest BCUT2D eigenvalue weighted by Gasteiger charge is 2.43. The summed E-state index contributed by atoms with van der Waals surface area (Å²) in [4.78, 5) is 0. The number of alkyl halides is 3. The molecule has 2 heterocycles. The number of benzene rings is 2. The van der Waals surface area contributed by atoms with Gasteiger partial charge in [0.2, 0.25) is 10.0 Å². The van der Waals surface area contributed by atoms with Crippen molar-refractivity contribution in [3.05, 3.63) is 65.2 Å². The van der Waals surface area contributed by atoms with Crippen LogP contribution in [0.4, 0.5) is 18.9 Å². The molecule has 0 bridgehead atoms. The first-order valence-electron chi connectivity index (χ1n) is 12.1. The van der Waals surface area contributed by atoms with E-state index in [9.17, 15) is 21.6 Å². The fraction of sp³-hybridized carbons (Fsp3) is 0.520. The predicted molar refractivity (Wildman–Crippen MR) is 131 cm³/mol. The van der Waals surface area contributed by atoms with Gasteiger partial charge in [-0.05, 0) is 49.6 Å². The van der Waals surface area contributed by atoms with Crippen LogP contribution in [0, 0.1) is 5.92 Å². The van der Waals surface area contributed by atoms with Gasteiger partial charge in [-0.15, -0.1) is 0 Å². The minimum atomic E-state index is -4.48. The van der Waals surface area contributed by atoms with Crippen molar-refractivity contribution in [1.29, 1.82) is 0 Å². The van der Waals surface area contributed by atoms with Crippen molar-refractivity contribution in [3.8, 4) is 0 Å². The first-order valence-corrected chi connectivity index (χ1v) is 13.8. The number of halogens is 3. The van der Waals surface area contributed by atoms with E-state index in [1.54, 1.807) is 0 Å². The molecule has 4 N–H and O–H groups in total. The topological polar surface area (TPSA) is 99.7 Å². The molecule has 1 unspecified atom stereocenters. The van der Waals surface area contributed by atoms with Crippen LogP contribution < -0.4 is 15.4 Å². The van der Waals surface area contributed by atoms with E-state index in [4.69, 9.17) is 9.84 Å². The monoisotopic (exact) mass is 527 g/mol. The Labute approximate surface area is 209 Å². The van der Waals surface area contributed by atoms with Crippen LogP contribution in [0.25, 0.3) is 0 Å². The van der Waals surface area contributed by atoms with Gasteiger partial charge in [0, 0.05) is 30.3 Å². The van der Waals surface area contributed by atoms with E-state index in [0.29, 0.717) is 43.6 Å². The highest BCUT2D eigenvalue weighted by atomic mass is 32.2. The summed E-state index contributed by atoms with van der Waals surface area (Å²) in [6.07, 6.45) is -3.88. The molecule has 0 amide bonds. The van der Waals surface area contributed by atoms with Gasteiger partial charge in [-0.1, -0.05) is 30.3 Å². The fourth-order valence-electron chi connectivity index (χ4n) is 4.96. The number of rotatable bonds is 10. The number of ether oxygens (including phenoxy) is 1. The molecule has 0 radical (unpaired) electrons. The minimum absolute atomic E-state index is 0.0135. The SMILES string of the molecule is O=S(=O)(CCCNCCO)NC[C@H]1CC[C@@H]2C(O1)c1cc(C(F)(F)F)ccc1N[C@H]2c1ccccc1. The Bertz CT molecular complexity index is 1120. The van der Waals surface area contributed by atoms with Gasteiger partial charge in [0.1, 0.15) is 0 Å². The molecule has 1 saturated heterocycles. The highest BCUT2D eigenvalue weighted by Crippen LogP contribution is 2.51. The lowest BCUT2D eigenvalue weighted by molar-refractivity contribution is -0.138. The number of sulfonamides is 1. The maximum Gasteiger partial charge on any atom is 0.416 e. The minimum Gasteiger partial charge on any atom is -0.395 e. The molecular weight excluding hydrogens is 495 g/mol. The highest BCUT2D eigenvalue weighted by molar-refractivity contribution is 7.89. The van der Waals surface area contributed by atoms with Gasteiger partial charge in [-0.2, -0.15) is 13.2 Å². The largest absolute Gasteiger partial charge is 0.416 e. The second-order valence-electron chi connectivity index (χ2n) is 9.25. The Morgan fingerprint density at radius 2 is 1.86 bits per heavy atom. The number of nitrogens with one attached hydrogen (secondary N) is 3. The van der Waals surface area contributed by atoms with Crippen molar-refractivity contribution in [1.82, 2.24) is 10.0 Å². The van der Waals surface area contributed by atoms with Gasteiger partial charge in [-0.25, -0.2) is 13.1 Å². The predicted octanol–water partition coefficient (Wildman–Crippen LogP) is 3.60. The van der Waals surface area contributed by atoms with Crippen molar-refractivity contribution in [2.45, 2.75) is 43.7 Å². The van der Waals surface area contributed by atoms with Crippen molar-refractivity contribution in [2.75, 3.05) is 37.3 Å². The van der Waals surface area contributed by atoms with Crippen LogP contribution in [-0.2, 0) is 20.9 Å². The van der Waals surface area contributed by atoms with Crippen molar-refractivity contribution < 1.29 is 31.4 Å². The maximum atomic E-state index is 13.5. The van der Waals surface area contributed by atoms with Crippen molar-refractivity contribution in [2.24, 2.45) is 5.92 Å². The van der Waals surface area contributed by atoms with Gasteiger partial charge >= 0.3 is 6.18 Å². The zero-order valence-corrected chi connectivity index (χ0v) is 20.6. The molecule has 0 spiro atoms. The molecule has 36 heavy (non-hydrogen) atoms. The lowest BCUT2D eigenvalue weighted by Gasteiger charge is -2.46. The van der Waals surface area contributed by atoms with Crippen LogP contribution in [0.1, 0.15) is 48.1 Å². The van der Waals surface area contributed by atoms with E-state index < -0.39 is 34.0 Å². The van der Waals surface area contributed by atoms with Crippen LogP contribution in [0.3, 0.4) is 0 Å². The van der Waals surface area contributed by atoms with Crippen LogP contribution in [0.5, 0.6) is 0 Å². The van der Waals surface area contributed by atoms with Gasteiger partial charge in [0.05, 0.1) is 36.2 Å². The molecule has 2 aliphatic heterocycles. The average Bonchev–Trinajstić information content (AvgIpc) is 2.86. The average molecular weight is 528 g/mol. The molecule has 198 valence electrons. The molecule has 11 heteroatoms. The lowest BCUT2D eigenvalue weighted by Crippen LogP contribution is -2.43. The summed E-state index contributed by atoms with van der Waals surface area (Å²) in [7, 11) is -3.53. The Morgan fingerprint density at radius 1 is 1.08 bits per heavy atom. The number of aliphatic hydroxyl groups excluding tert-OH is 1. The third kappa shape index (κ3) is 6.57. The quantitative estimate of drug-likeness (QED) is 0.353. The maximum absolute atomic E-state index is 13.5. The molecule has 0 aliphatic carbocycles. The van der Waals surface area contributed by atoms with Gasteiger partial charge < -0.3 is 20.5 Å². The zero-order chi connectivity index (χ0) is 25.8. The third-order valence-electron chi connectivity index (χ3n) is 6.72. The molecule has 0 aromatic heterocycles. The zero-order valence-electron chi connectivity index (χ0n) is 19.8. The summed E-state index contributed by atoms with van der Waals surface area (Å²) in [5, 5.41) is 15.1. The van der Waals surface area contributed by atoms with E-state index in [1.807, 2.05) is 30.3 Å². The molecule has 0 saturated carbocycles. The standard InChI is InChI=1S/C25H32F3N3O4S/c26-25(27,28)18-7-10-22-21(15-18)24-20(23(31-22)17-5-2-1-3-6-17)9-8-19(35-24)16-30-36(33,34)14-4-11-29-12-13-32/h1-3,5-7,10,15,19-20,23-24,29-32H,4,8-9,11-14,16H2/t19-,20+,23+,24?/m1/s1. The second-order valence-corrected chi connectivity index (χ2v) is 11.2.